The molecular formula is C14H19NO3. The second-order valence-corrected chi connectivity index (χ2v) is 4.81. The number of ether oxygens (including phenoxy) is 1. The van der Waals surface area contributed by atoms with Crippen molar-refractivity contribution in [3.8, 4) is 0 Å². The van der Waals surface area contributed by atoms with E-state index in [4.69, 9.17) is 4.74 Å². The number of nitrogens with one attached hydrogen (secondary N) is 1. The monoisotopic (exact) mass is 249 g/mol. The maximum Gasteiger partial charge on any atom is 0.253 e. The Hall–Kier alpha value is -1.39. The SMILES string of the molecule is CC(O)c1ccccc1NC(=O)C1OCCC1C. The average Bonchev–Trinajstić information content (AvgIpc) is 2.76. The number of hydrogen-bond donors (Lipinski definition) is 2. The van der Waals surface area contributed by atoms with E-state index in [0.29, 0.717) is 12.3 Å². The van der Waals surface area contributed by atoms with Crippen LogP contribution in [-0.4, -0.2) is 23.7 Å². The fraction of sp³-hybridized carbons (Fsp3) is 0.500. The summed E-state index contributed by atoms with van der Waals surface area (Å²) in [6.07, 6.45) is -0.0775. The van der Waals surface area contributed by atoms with Crippen molar-refractivity contribution in [2.75, 3.05) is 11.9 Å². The lowest BCUT2D eigenvalue weighted by Crippen LogP contribution is -2.31. The summed E-state index contributed by atoms with van der Waals surface area (Å²) >= 11 is 0. The number of aliphatic hydroxyl groups excluding tert-OH is 1. The van der Waals surface area contributed by atoms with E-state index in [9.17, 15) is 9.90 Å². The van der Waals surface area contributed by atoms with Gasteiger partial charge in [-0.25, -0.2) is 0 Å². The van der Waals surface area contributed by atoms with E-state index in [1.807, 2.05) is 19.1 Å². The number of amides is 1. The number of aliphatic hydroxyl groups is 1. The van der Waals surface area contributed by atoms with Crippen molar-refractivity contribution in [2.24, 2.45) is 5.92 Å². The minimum absolute atomic E-state index is 0.131. The minimum Gasteiger partial charge on any atom is -0.389 e. The van der Waals surface area contributed by atoms with Crippen LogP contribution >= 0.6 is 0 Å². The maximum absolute atomic E-state index is 12.1. The molecule has 3 unspecified atom stereocenters. The third-order valence-electron chi connectivity index (χ3n) is 3.31. The number of anilines is 1. The molecule has 0 saturated carbocycles. The van der Waals surface area contributed by atoms with Crippen LogP contribution in [0.25, 0.3) is 0 Å². The molecule has 4 heteroatoms. The predicted molar refractivity (Wildman–Crippen MR) is 69.2 cm³/mol. The summed E-state index contributed by atoms with van der Waals surface area (Å²) in [5.74, 6) is 0.108. The molecule has 2 N–H and O–H groups in total. The Morgan fingerprint density at radius 3 is 2.83 bits per heavy atom. The highest BCUT2D eigenvalue weighted by molar-refractivity contribution is 5.95. The van der Waals surface area contributed by atoms with Crippen molar-refractivity contribution < 1.29 is 14.6 Å². The highest BCUT2D eigenvalue weighted by atomic mass is 16.5. The third kappa shape index (κ3) is 2.71. The van der Waals surface area contributed by atoms with Crippen LogP contribution in [0.4, 0.5) is 5.69 Å². The second kappa shape index (κ2) is 5.50. The van der Waals surface area contributed by atoms with Crippen LogP contribution in [0.5, 0.6) is 0 Å². The first-order chi connectivity index (χ1) is 8.59. The molecule has 3 atom stereocenters. The molecule has 1 aliphatic rings. The molecule has 98 valence electrons. The Kier molecular flexibility index (Phi) is 3.99. The van der Waals surface area contributed by atoms with E-state index in [2.05, 4.69) is 5.32 Å². The van der Waals surface area contributed by atoms with E-state index in [0.717, 1.165) is 12.0 Å². The molecule has 0 spiro atoms. The second-order valence-electron chi connectivity index (χ2n) is 4.81. The highest BCUT2D eigenvalue weighted by Gasteiger charge is 2.31. The molecule has 0 bridgehead atoms. The van der Waals surface area contributed by atoms with Gasteiger partial charge in [-0.3, -0.25) is 4.79 Å². The average molecular weight is 249 g/mol. The van der Waals surface area contributed by atoms with Gasteiger partial charge in [-0.2, -0.15) is 0 Å². The summed E-state index contributed by atoms with van der Waals surface area (Å²) in [5.41, 5.74) is 1.37. The molecule has 1 amide bonds. The van der Waals surface area contributed by atoms with Crippen LogP contribution in [-0.2, 0) is 9.53 Å². The first-order valence-electron chi connectivity index (χ1n) is 6.29. The molecule has 0 aliphatic carbocycles. The van der Waals surface area contributed by atoms with E-state index in [1.54, 1.807) is 19.1 Å². The molecular weight excluding hydrogens is 230 g/mol. The van der Waals surface area contributed by atoms with Crippen molar-refractivity contribution in [3.63, 3.8) is 0 Å². The Morgan fingerprint density at radius 1 is 1.50 bits per heavy atom. The Balaban J connectivity index is 2.11. The Morgan fingerprint density at radius 2 is 2.22 bits per heavy atom. The van der Waals surface area contributed by atoms with Crippen LogP contribution in [0.15, 0.2) is 24.3 Å². The molecule has 2 rings (SSSR count). The summed E-state index contributed by atoms with van der Waals surface area (Å²) in [6.45, 7) is 4.33. The summed E-state index contributed by atoms with van der Waals surface area (Å²) in [6, 6.07) is 7.27. The van der Waals surface area contributed by atoms with Crippen LogP contribution in [0.3, 0.4) is 0 Å². The first-order valence-corrected chi connectivity index (χ1v) is 6.29. The van der Waals surface area contributed by atoms with Crippen molar-refractivity contribution in [3.05, 3.63) is 29.8 Å². The molecule has 1 aromatic carbocycles. The molecule has 1 heterocycles. The van der Waals surface area contributed by atoms with Crippen LogP contribution in [0, 0.1) is 5.92 Å². The van der Waals surface area contributed by atoms with Crippen molar-refractivity contribution >= 4 is 11.6 Å². The van der Waals surface area contributed by atoms with Gasteiger partial charge in [-0.1, -0.05) is 25.1 Å². The third-order valence-corrected chi connectivity index (χ3v) is 3.31. The van der Waals surface area contributed by atoms with Crippen LogP contribution < -0.4 is 5.32 Å². The topological polar surface area (TPSA) is 58.6 Å². The van der Waals surface area contributed by atoms with Gasteiger partial charge in [0, 0.05) is 17.9 Å². The van der Waals surface area contributed by atoms with E-state index in [1.165, 1.54) is 0 Å². The largest absolute Gasteiger partial charge is 0.389 e. The number of carbonyl (C=O) groups is 1. The molecule has 1 fully saturated rings. The van der Waals surface area contributed by atoms with Crippen molar-refractivity contribution in [2.45, 2.75) is 32.5 Å². The minimum atomic E-state index is -0.608. The standard InChI is InChI=1S/C14H19NO3/c1-9-7-8-18-13(9)14(17)15-12-6-4-3-5-11(12)10(2)16/h3-6,9-10,13,16H,7-8H2,1-2H3,(H,15,17). The number of benzene rings is 1. The van der Waals surface area contributed by atoms with Gasteiger partial charge in [-0.05, 0) is 25.3 Å². The predicted octanol–water partition coefficient (Wildman–Crippen LogP) is 2.10. The lowest BCUT2D eigenvalue weighted by Gasteiger charge is -2.17. The summed E-state index contributed by atoms with van der Waals surface area (Å²) in [5, 5.41) is 12.5. The summed E-state index contributed by atoms with van der Waals surface area (Å²) in [7, 11) is 0. The molecule has 0 radical (unpaired) electrons. The van der Waals surface area contributed by atoms with Gasteiger partial charge in [0.05, 0.1) is 6.10 Å². The van der Waals surface area contributed by atoms with Crippen molar-refractivity contribution in [1.82, 2.24) is 0 Å². The van der Waals surface area contributed by atoms with Crippen LogP contribution in [0.1, 0.15) is 31.9 Å². The first kappa shape index (κ1) is 13.1. The number of para-hydroxylation sites is 1. The van der Waals surface area contributed by atoms with E-state index in [-0.39, 0.29) is 17.9 Å². The van der Waals surface area contributed by atoms with Crippen LogP contribution in [0.2, 0.25) is 0 Å². The lowest BCUT2D eigenvalue weighted by molar-refractivity contribution is -0.126. The lowest BCUT2D eigenvalue weighted by atomic mass is 10.0. The Bertz CT molecular complexity index is 431. The fourth-order valence-electron chi connectivity index (χ4n) is 2.21. The quantitative estimate of drug-likeness (QED) is 0.862. The van der Waals surface area contributed by atoms with Gasteiger partial charge in [0.2, 0.25) is 0 Å². The zero-order valence-electron chi connectivity index (χ0n) is 10.7. The number of rotatable bonds is 3. The van der Waals surface area contributed by atoms with Gasteiger partial charge >= 0.3 is 0 Å². The van der Waals surface area contributed by atoms with E-state index < -0.39 is 6.10 Å². The molecule has 1 saturated heterocycles. The molecule has 18 heavy (non-hydrogen) atoms. The normalized spacial score (nSPS) is 24.8. The molecule has 1 aromatic rings. The van der Waals surface area contributed by atoms with Gasteiger partial charge in [-0.15, -0.1) is 0 Å². The van der Waals surface area contributed by atoms with Gasteiger partial charge in [0.15, 0.2) is 0 Å². The number of carbonyl (C=O) groups excluding carboxylic acids is 1. The van der Waals surface area contributed by atoms with Gasteiger partial charge in [0.25, 0.3) is 5.91 Å². The zero-order chi connectivity index (χ0) is 13.1. The fourth-order valence-corrected chi connectivity index (χ4v) is 2.21. The maximum atomic E-state index is 12.1. The summed E-state index contributed by atoms with van der Waals surface area (Å²) < 4.78 is 5.43. The smallest absolute Gasteiger partial charge is 0.253 e. The summed E-state index contributed by atoms with van der Waals surface area (Å²) in [4.78, 5) is 12.1. The van der Waals surface area contributed by atoms with Gasteiger partial charge < -0.3 is 15.2 Å². The molecule has 0 aromatic heterocycles. The number of hydrogen-bond acceptors (Lipinski definition) is 3. The zero-order valence-corrected chi connectivity index (χ0v) is 10.7. The van der Waals surface area contributed by atoms with Crippen molar-refractivity contribution in [1.29, 1.82) is 0 Å². The molecule has 4 nitrogen and oxygen atoms in total. The van der Waals surface area contributed by atoms with Gasteiger partial charge in [0.1, 0.15) is 6.10 Å². The molecule has 1 aliphatic heterocycles. The Labute approximate surface area is 107 Å². The van der Waals surface area contributed by atoms with E-state index >= 15 is 0 Å². The highest BCUT2D eigenvalue weighted by Crippen LogP contribution is 2.25.